The highest BCUT2D eigenvalue weighted by Crippen LogP contribution is 2.18. The molecule has 0 atom stereocenters. The molecule has 8 heteroatoms. The fourth-order valence-electron chi connectivity index (χ4n) is 2.06. The van der Waals surface area contributed by atoms with E-state index in [-0.39, 0.29) is 6.61 Å². The molecule has 1 aromatic carbocycles. The standard InChI is InChI=1S/C17H24N6O2/c1-11(23(20)9-13-8-21-12(2)22-17(13)19)16(18)10-25-15-6-4-14(24-3)5-7-15/h4-8H,9-10,18,20H2,1-3H3,(H2,19,21,22)/b16-11-. The second-order valence-electron chi connectivity index (χ2n) is 5.53. The summed E-state index contributed by atoms with van der Waals surface area (Å²) in [5.74, 6) is 8.55. The summed E-state index contributed by atoms with van der Waals surface area (Å²) in [5.41, 5.74) is 13.9. The highest BCUT2D eigenvalue weighted by atomic mass is 16.5. The van der Waals surface area contributed by atoms with Crippen molar-refractivity contribution in [3.8, 4) is 11.5 Å². The van der Waals surface area contributed by atoms with Crippen molar-refractivity contribution in [1.82, 2.24) is 15.0 Å². The van der Waals surface area contributed by atoms with Gasteiger partial charge in [0, 0.05) is 17.5 Å². The van der Waals surface area contributed by atoms with Gasteiger partial charge < -0.3 is 25.9 Å². The predicted octanol–water partition coefficient (Wildman–Crippen LogP) is 1.32. The van der Waals surface area contributed by atoms with Crippen molar-refractivity contribution in [3.05, 3.63) is 53.2 Å². The summed E-state index contributed by atoms with van der Waals surface area (Å²) in [7, 11) is 1.61. The van der Waals surface area contributed by atoms with Crippen LogP contribution in [-0.4, -0.2) is 28.7 Å². The Kier molecular flexibility index (Phi) is 6.02. The van der Waals surface area contributed by atoms with E-state index in [4.69, 9.17) is 26.8 Å². The van der Waals surface area contributed by atoms with Gasteiger partial charge in [0.2, 0.25) is 0 Å². The van der Waals surface area contributed by atoms with Gasteiger partial charge >= 0.3 is 0 Å². The third-order valence-electron chi connectivity index (χ3n) is 3.71. The second kappa shape index (κ2) is 8.20. The fraction of sp³-hybridized carbons (Fsp3) is 0.294. The van der Waals surface area contributed by atoms with E-state index < -0.39 is 0 Å². The van der Waals surface area contributed by atoms with E-state index in [1.54, 1.807) is 20.2 Å². The molecule has 0 radical (unpaired) electrons. The first kappa shape index (κ1) is 18.3. The summed E-state index contributed by atoms with van der Waals surface area (Å²) in [4.78, 5) is 8.25. The summed E-state index contributed by atoms with van der Waals surface area (Å²) in [6.45, 7) is 4.16. The Morgan fingerprint density at radius 1 is 1.20 bits per heavy atom. The molecule has 0 fully saturated rings. The largest absolute Gasteiger partial charge is 0.497 e. The van der Waals surface area contributed by atoms with Gasteiger partial charge in [-0.15, -0.1) is 0 Å². The third kappa shape index (κ3) is 4.98. The number of rotatable bonds is 7. The number of nitrogens with two attached hydrogens (primary N) is 3. The molecular formula is C17H24N6O2. The molecule has 134 valence electrons. The zero-order chi connectivity index (χ0) is 18.4. The Morgan fingerprint density at radius 3 is 2.44 bits per heavy atom. The van der Waals surface area contributed by atoms with Crippen LogP contribution in [0.5, 0.6) is 11.5 Å². The number of nitrogen functional groups attached to an aromatic ring is 1. The maximum absolute atomic E-state index is 6.08. The van der Waals surface area contributed by atoms with Gasteiger partial charge in [-0.05, 0) is 38.1 Å². The zero-order valence-corrected chi connectivity index (χ0v) is 14.7. The number of aryl methyl sites for hydroxylation is 1. The minimum Gasteiger partial charge on any atom is -0.497 e. The Labute approximate surface area is 147 Å². The van der Waals surface area contributed by atoms with Crippen molar-refractivity contribution in [2.24, 2.45) is 11.6 Å². The van der Waals surface area contributed by atoms with Crippen LogP contribution in [0.1, 0.15) is 18.3 Å². The summed E-state index contributed by atoms with van der Waals surface area (Å²) in [5, 5.41) is 1.50. The normalized spacial score (nSPS) is 11.7. The SMILES string of the molecule is COc1ccc(OC/C(N)=C(\C)N(N)Cc2cnc(C)nc2N)cc1. The lowest BCUT2D eigenvalue weighted by Crippen LogP contribution is -2.32. The number of ether oxygens (including phenoxy) is 2. The molecular weight excluding hydrogens is 320 g/mol. The molecule has 0 spiro atoms. The van der Waals surface area contributed by atoms with Gasteiger partial charge in [0.25, 0.3) is 0 Å². The van der Waals surface area contributed by atoms with Gasteiger partial charge in [0.15, 0.2) is 0 Å². The van der Waals surface area contributed by atoms with E-state index in [9.17, 15) is 0 Å². The van der Waals surface area contributed by atoms with Crippen molar-refractivity contribution in [2.45, 2.75) is 20.4 Å². The number of nitrogens with zero attached hydrogens (tertiary/aromatic N) is 3. The summed E-state index contributed by atoms with van der Waals surface area (Å²) < 4.78 is 10.8. The molecule has 0 aliphatic heterocycles. The first-order chi connectivity index (χ1) is 11.9. The average Bonchev–Trinajstić information content (AvgIpc) is 2.61. The van der Waals surface area contributed by atoms with Crippen LogP contribution < -0.4 is 26.8 Å². The quantitative estimate of drug-likeness (QED) is 0.507. The Bertz CT molecular complexity index is 745. The maximum Gasteiger partial charge on any atom is 0.132 e. The molecule has 1 heterocycles. The van der Waals surface area contributed by atoms with E-state index in [0.29, 0.717) is 35.3 Å². The van der Waals surface area contributed by atoms with Crippen LogP contribution in [0.3, 0.4) is 0 Å². The molecule has 0 aliphatic carbocycles. The maximum atomic E-state index is 6.08. The van der Waals surface area contributed by atoms with Gasteiger partial charge in [-0.25, -0.2) is 15.8 Å². The van der Waals surface area contributed by atoms with Crippen molar-refractivity contribution in [3.63, 3.8) is 0 Å². The summed E-state index contributed by atoms with van der Waals surface area (Å²) in [6.07, 6.45) is 1.66. The van der Waals surface area contributed by atoms with Crippen molar-refractivity contribution in [2.75, 3.05) is 19.5 Å². The highest BCUT2D eigenvalue weighted by molar-refractivity contribution is 5.37. The average molecular weight is 344 g/mol. The van der Waals surface area contributed by atoms with Crippen LogP contribution in [0.25, 0.3) is 0 Å². The van der Waals surface area contributed by atoms with E-state index >= 15 is 0 Å². The minimum atomic E-state index is 0.214. The van der Waals surface area contributed by atoms with Gasteiger partial charge in [-0.3, -0.25) is 0 Å². The molecule has 25 heavy (non-hydrogen) atoms. The lowest BCUT2D eigenvalue weighted by atomic mass is 10.2. The van der Waals surface area contributed by atoms with Crippen molar-refractivity contribution >= 4 is 5.82 Å². The topological polar surface area (TPSA) is 126 Å². The number of methoxy groups -OCH3 is 1. The van der Waals surface area contributed by atoms with E-state index in [2.05, 4.69) is 9.97 Å². The van der Waals surface area contributed by atoms with Crippen LogP contribution in [-0.2, 0) is 6.54 Å². The van der Waals surface area contributed by atoms with Gasteiger partial charge in [-0.1, -0.05) is 0 Å². The number of hydrogen-bond donors (Lipinski definition) is 3. The predicted molar refractivity (Wildman–Crippen MR) is 96.3 cm³/mol. The second-order valence-corrected chi connectivity index (χ2v) is 5.53. The van der Waals surface area contributed by atoms with Crippen LogP contribution in [0.4, 0.5) is 5.82 Å². The zero-order valence-electron chi connectivity index (χ0n) is 14.7. The lowest BCUT2D eigenvalue weighted by Gasteiger charge is -2.22. The van der Waals surface area contributed by atoms with Crippen LogP contribution in [0.15, 0.2) is 41.9 Å². The Morgan fingerprint density at radius 2 is 1.84 bits per heavy atom. The first-order valence-electron chi connectivity index (χ1n) is 7.73. The van der Waals surface area contributed by atoms with Gasteiger partial charge in [0.05, 0.1) is 19.4 Å². The molecule has 1 aromatic heterocycles. The molecule has 0 unspecified atom stereocenters. The van der Waals surface area contributed by atoms with Crippen molar-refractivity contribution < 1.29 is 9.47 Å². The highest BCUT2D eigenvalue weighted by Gasteiger charge is 2.10. The molecule has 0 saturated heterocycles. The van der Waals surface area contributed by atoms with Crippen LogP contribution in [0.2, 0.25) is 0 Å². The van der Waals surface area contributed by atoms with E-state index in [1.165, 1.54) is 5.01 Å². The molecule has 8 nitrogen and oxygen atoms in total. The fourth-order valence-corrected chi connectivity index (χ4v) is 2.06. The third-order valence-corrected chi connectivity index (χ3v) is 3.71. The Hall–Kier alpha value is -3.00. The molecule has 2 rings (SSSR count). The number of aromatic nitrogens is 2. The van der Waals surface area contributed by atoms with Gasteiger partial charge in [-0.2, -0.15) is 0 Å². The molecule has 0 aliphatic rings. The lowest BCUT2D eigenvalue weighted by molar-refractivity contribution is 0.317. The molecule has 6 N–H and O–H groups in total. The molecule has 0 saturated carbocycles. The number of benzene rings is 1. The number of anilines is 1. The number of hydrazine groups is 1. The minimum absolute atomic E-state index is 0.214. The van der Waals surface area contributed by atoms with E-state index in [0.717, 1.165) is 11.3 Å². The van der Waals surface area contributed by atoms with Crippen LogP contribution >= 0.6 is 0 Å². The smallest absolute Gasteiger partial charge is 0.132 e. The molecule has 0 bridgehead atoms. The molecule has 0 amide bonds. The summed E-state index contributed by atoms with van der Waals surface area (Å²) >= 11 is 0. The monoisotopic (exact) mass is 344 g/mol. The van der Waals surface area contributed by atoms with E-state index in [1.807, 2.05) is 31.2 Å². The summed E-state index contributed by atoms with van der Waals surface area (Å²) in [6, 6.07) is 7.26. The van der Waals surface area contributed by atoms with Crippen LogP contribution in [0, 0.1) is 6.92 Å². The number of allylic oxidation sites excluding steroid dienone is 1. The van der Waals surface area contributed by atoms with Crippen molar-refractivity contribution in [1.29, 1.82) is 0 Å². The number of hydrogen-bond acceptors (Lipinski definition) is 8. The molecule has 2 aromatic rings. The van der Waals surface area contributed by atoms with Gasteiger partial charge in [0.1, 0.15) is 29.7 Å². The Balaban J connectivity index is 1.98. The first-order valence-corrected chi connectivity index (χ1v) is 7.73.